The predicted molar refractivity (Wildman–Crippen MR) is 77.7 cm³/mol. The van der Waals surface area contributed by atoms with E-state index in [0.717, 1.165) is 5.56 Å². The van der Waals surface area contributed by atoms with Crippen LogP contribution in [-0.2, 0) is 6.61 Å². The summed E-state index contributed by atoms with van der Waals surface area (Å²) in [6.07, 6.45) is 0. The fourth-order valence-corrected chi connectivity index (χ4v) is 2.26. The summed E-state index contributed by atoms with van der Waals surface area (Å²) in [5.41, 5.74) is 2.87. The van der Waals surface area contributed by atoms with Gasteiger partial charge in [-0.2, -0.15) is 0 Å². The molecule has 0 aliphatic rings. The van der Waals surface area contributed by atoms with Crippen molar-refractivity contribution < 1.29 is 14.2 Å². The maximum absolute atomic E-state index is 13.1. The van der Waals surface area contributed by atoms with Gasteiger partial charge in [-0.15, -0.1) is 0 Å². The van der Waals surface area contributed by atoms with Gasteiger partial charge in [0.2, 0.25) is 0 Å². The maximum atomic E-state index is 13.1. The van der Waals surface area contributed by atoms with Crippen LogP contribution in [0.5, 0.6) is 11.5 Å². The lowest BCUT2D eigenvalue weighted by Crippen LogP contribution is -1.95. The van der Waals surface area contributed by atoms with Crippen molar-refractivity contribution >= 4 is 0 Å². The third-order valence-corrected chi connectivity index (χ3v) is 3.28. The van der Waals surface area contributed by atoms with Crippen molar-refractivity contribution in [1.82, 2.24) is 0 Å². The van der Waals surface area contributed by atoms with E-state index in [1.165, 1.54) is 23.8 Å². The summed E-state index contributed by atoms with van der Waals surface area (Å²) >= 11 is 0. The van der Waals surface area contributed by atoms with Crippen LogP contribution in [0.4, 0.5) is 4.39 Å². The Morgan fingerprint density at radius 2 is 1.90 bits per heavy atom. The minimum atomic E-state index is -0.382. The van der Waals surface area contributed by atoms with Gasteiger partial charge in [0.25, 0.3) is 0 Å². The molecule has 3 heteroatoms. The van der Waals surface area contributed by atoms with E-state index in [1.54, 1.807) is 0 Å². The lowest BCUT2D eigenvalue weighted by Gasteiger charge is -2.13. The van der Waals surface area contributed by atoms with E-state index < -0.39 is 0 Å². The Bertz CT molecular complexity index is 606. The molecule has 0 spiro atoms. The highest BCUT2D eigenvalue weighted by Gasteiger charge is 2.08. The Labute approximate surface area is 118 Å². The summed E-state index contributed by atoms with van der Waals surface area (Å²) in [5, 5.41) is 9.25. The van der Waals surface area contributed by atoms with Crippen LogP contribution in [-0.4, -0.2) is 5.11 Å². The van der Waals surface area contributed by atoms with Crippen molar-refractivity contribution in [3.8, 4) is 11.5 Å². The van der Waals surface area contributed by atoms with Gasteiger partial charge in [-0.25, -0.2) is 4.39 Å². The average molecular weight is 274 g/mol. The zero-order valence-corrected chi connectivity index (χ0v) is 12.0. The number of aliphatic hydroxyl groups excluding tert-OH is 1. The molecule has 1 N–H and O–H groups in total. The number of hydrogen-bond donors (Lipinski definition) is 1. The molecule has 106 valence electrons. The van der Waals surface area contributed by atoms with E-state index in [2.05, 4.69) is 13.8 Å². The largest absolute Gasteiger partial charge is 0.457 e. The lowest BCUT2D eigenvalue weighted by molar-refractivity contribution is 0.276. The van der Waals surface area contributed by atoms with Crippen molar-refractivity contribution in [1.29, 1.82) is 0 Å². The standard InChI is InChI=1S/C17H19FO2/c1-11(2)16-6-5-15(8-12(16)3)20-17-7-4-14(18)9-13(17)10-19/h4-9,11,19H,10H2,1-3H3. The van der Waals surface area contributed by atoms with Crippen LogP contribution < -0.4 is 4.74 Å². The first-order valence-electron chi connectivity index (χ1n) is 6.69. The monoisotopic (exact) mass is 274 g/mol. The van der Waals surface area contributed by atoms with Crippen molar-refractivity contribution in [3.05, 3.63) is 58.9 Å². The summed E-state index contributed by atoms with van der Waals surface area (Å²) in [4.78, 5) is 0. The number of rotatable bonds is 4. The summed E-state index contributed by atoms with van der Waals surface area (Å²) in [5.74, 6) is 1.24. The topological polar surface area (TPSA) is 29.5 Å². The molecule has 0 fully saturated rings. The van der Waals surface area contributed by atoms with Crippen LogP contribution in [0.3, 0.4) is 0 Å². The molecule has 2 aromatic rings. The van der Waals surface area contributed by atoms with Gasteiger partial charge >= 0.3 is 0 Å². The highest BCUT2D eigenvalue weighted by Crippen LogP contribution is 2.29. The zero-order chi connectivity index (χ0) is 14.7. The van der Waals surface area contributed by atoms with E-state index in [-0.39, 0.29) is 12.4 Å². The number of ether oxygens (including phenoxy) is 1. The van der Waals surface area contributed by atoms with E-state index in [1.807, 2.05) is 25.1 Å². The highest BCUT2D eigenvalue weighted by molar-refractivity contribution is 5.41. The Hall–Kier alpha value is -1.87. The fraction of sp³-hybridized carbons (Fsp3) is 0.294. The van der Waals surface area contributed by atoms with Gasteiger partial charge in [-0.05, 0) is 54.3 Å². The maximum Gasteiger partial charge on any atom is 0.133 e. The molecule has 0 atom stereocenters. The minimum absolute atomic E-state index is 0.254. The molecule has 0 saturated carbocycles. The number of halogens is 1. The molecule has 0 aliphatic heterocycles. The Kier molecular flexibility index (Phi) is 4.40. The Morgan fingerprint density at radius 3 is 2.50 bits per heavy atom. The molecule has 2 nitrogen and oxygen atoms in total. The van der Waals surface area contributed by atoms with Crippen molar-refractivity contribution in [2.24, 2.45) is 0 Å². The van der Waals surface area contributed by atoms with Gasteiger partial charge in [0.05, 0.1) is 6.61 Å². The second-order valence-corrected chi connectivity index (χ2v) is 5.19. The Balaban J connectivity index is 2.28. The second-order valence-electron chi connectivity index (χ2n) is 5.19. The predicted octanol–water partition coefficient (Wildman–Crippen LogP) is 4.54. The van der Waals surface area contributed by atoms with Crippen LogP contribution in [0.1, 0.15) is 36.5 Å². The van der Waals surface area contributed by atoms with Crippen LogP contribution >= 0.6 is 0 Å². The van der Waals surface area contributed by atoms with Crippen molar-refractivity contribution in [2.75, 3.05) is 0 Å². The van der Waals surface area contributed by atoms with Gasteiger partial charge < -0.3 is 9.84 Å². The molecule has 0 heterocycles. The molecule has 0 unspecified atom stereocenters. The molecular weight excluding hydrogens is 255 g/mol. The summed E-state index contributed by atoms with van der Waals surface area (Å²) in [6.45, 7) is 6.08. The van der Waals surface area contributed by atoms with Crippen molar-refractivity contribution in [3.63, 3.8) is 0 Å². The third kappa shape index (κ3) is 3.17. The molecule has 0 bridgehead atoms. The third-order valence-electron chi connectivity index (χ3n) is 3.28. The van der Waals surface area contributed by atoms with Gasteiger partial charge in [0.15, 0.2) is 0 Å². The van der Waals surface area contributed by atoms with E-state index in [9.17, 15) is 9.50 Å². The summed E-state index contributed by atoms with van der Waals surface area (Å²) in [6, 6.07) is 10.0. The van der Waals surface area contributed by atoms with Gasteiger partial charge in [-0.1, -0.05) is 19.9 Å². The molecule has 0 aliphatic carbocycles. The molecule has 0 amide bonds. The first-order chi connectivity index (χ1) is 9.51. The highest BCUT2D eigenvalue weighted by atomic mass is 19.1. The van der Waals surface area contributed by atoms with E-state index in [4.69, 9.17) is 4.74 Å². The van der Waals surface area contributed by atoms with Crippen LogP contribution in [0.15, 0.2) is 36.4 Å². The minimum Gasteiger partial charge on any atom is -0.457 e. The number of aryl methyl sites for hydroxylation is 1. The molecule has 20 heavy (non-hydrogen) atoms. The lowest BCUT2D eigenvalue weighted by atomic mass is 9.98. The first-order valence-corrected chi connectivity index (χ1v) is 6.69. The second kappa shape index (κ2) is 6.06. The summed E-state index contributed by atoms with van der Waals surface area (Å²) < 4.78 is 18.9. The van der Waals surface area contributed by atoms with E-state index in [0.29, 0.717) is 23.0 Å². The molecule has 2 aromatic carbocycles. The van der Waals surface area contributed by atoms with Gasteiger partial charge in [0.1, 0.15) is 17.3 Å². The SMILES string of the molecule is Cc1cc(Oc2ccc(F)cc2CO)ccc1C(C)C. The molecule has 0 radical (unpaired) electrons. The smallest absolute Gasteiger partial charge is 0.133 e. The van der Waals surface area contributed by atoms with Crippen LogP contribution in [0, 0.1) is 12.7 Å². The number of aliphatic hydroxyl groups is 1. The molecule has 0 saturated heterocycles. The average Bonchev–Trinajstić information content (AvgIpc) is 2.40. The quantitative estimate of drug-likeness (QED) is 0.886. The van der Waals surface area contributed by atoms with Crippen molar-refractivity contribution in [2.45, 2.75) is 33.3 Å². The fourth-order valence-electron chi connectivity index (χ4n) is 2.26. The molecule has 2 rings (SSSR count). The summed E-state index contributed by atoms with van der Waals surface area (Å²) in [7, 11) is 0. The van der Waals surface area contributed by atoms with Gasteiger partial charge in [0, 0.05) is 5.56 Å². The normalized spacial score (nSPS) is 10.9. The van der Waals surface area contributed by atoms with E-state index >= 15 is 0 Å². The van der Waals surface area contributed by atoms with Crippen LogP contribution in [0.2, 0.25) is 0 Å². The number of hydrogen-bond acceptors (Lipinski definition) is 2. The first kappa shape index (κ1) is 14.5. The zero-order valence-electron chi connectivity index (χ0n) is 12.0. The van der Waals surface area contributed by atoms with Crippen LogP contribution in [0.25, 0.3) is 0 Å². The van der Waals surface area contributed by atoms with Gasteiger partial charge in [-0.3, -0.25) is 0 Å². The molecular formula is C17H19FO2. The Morgan fingerprint density at radius 1 is 1.15 bits per heavy atom. The molecule has 0 aromatic heterocycles. The number of benzene rings is 2.